The first-order valence-electron chi connectivity index (χ1n) is 10.7. The Hall–Kier alpha value is -4.29. The topological polar surface area (TPSA) is 117 Å². The van der Waals surface area contributed by atoms with Crippen molar-refractivity contribution in [1.82, 2.24) is 9.78 Å². The smallest absolute Gasteiger partial charge is 0.269 e. The summed E-state index contributed by atoms with van der Waals surface area (Å²) in [7, 11) is 0. The van der Waals surface area contributed by atoms with Crippen LogP contribution >= 0.6 is 0 Å². The molecule has 3 aromatic carbocycles. The van der Waals surface area contributed by atoms with Crippen molar-refractivity contribution in [2.24, 2.45) is 0 Å². The molecule has 0 aliphatic carbocycles. The zero-order valence-corrected chi connectivity index (χ0v) is 19.9. The van der Waals surface area contributed by atoms with Crippen LogP contribution in [0.1, 0.15) is 22.8 Å². The van der Waals surface area contributed by atoms with Crippen molar-refractivity contribution in [2.45, 2.75) is 25.8 Å². The summed E-state index contributed by atoms with van der Waals surface area (Å²) >= 11 is 0. The van der Waals surface area contributed by atoms with Crippen LogP contribution in [-0.2, 0) is 24.4 Å². The molecule has 0 spiro atoms. The third kappa shape index (κ3) is 7.12. The molecule has 0 aliphatic heterocycles. The lowest BCUT2D eigenvalue weighted by Gasteiger charge is -2.17. The molecule has 0 saturated heterocycles. The van der Waals surface area contributed by atoms with Gasteiger partial charge in [0.25, 0.3) is 17.7 Å². The maximum atomic E-state index is 14.6. The Labute approximate surface area is 215 Å². The van der Waals surface area contributed by atoms with Gasteiger partial charge in [0.2, 0.25) is 6.33 Å². The van der Waals surface area contributed by atoms with E-state index in [4.69, 9.17) is 4.74 Å². The molecule has 1 atom stereocenters. The lowest BCUT2D eigenvalue weighted by Crippen LogP contribution is -3.00. The highest BCUT2D eigenvalue weighted by molar-refractivity contribution is 5.33. The highest BCUT2D eigenvalue weighted by Crippen LogP contribution is 2.25. The first-order chi connectivity index (χ1) is 17.3. The maximum Gasteiger partial charge on any atom is 0.269 e. The summed E-state index contributed by atoms with van der Waals surface area (Å²) in [5.41, 5.74) is 1.53. The Kier molecular flexibility index (Phi) is 8.93. The van der Waals surface area contributed by atoms with Gasteiger partial charge in [-0.1, -0.05) is 6.07 Å². The zero-order chi connectivity index (χ0) is 25.7. The molecule has 0 saturated carbocycles. The molecule has 1 unspecified atom stereocenters. The van der Waals surface area contributed by atoms with Gasteiger partial charge in [0, 0.05) is 41.0 Å². The molecule has 0 fully saturated rings. The maximum absolute atomic E-state index is 14.6. The highest BCUT2D eigenvalue weighted by atomic mass is 35.5. The van der Waals surface area contributed by atoms with E-state index in [1.165, 1.54) is 35.0 Å². The number of hydrogen-bond acceptors (Lipinski definition) is 6. The molecule has 0 radical (unpaired) electrons. The van der Waals surface area contributed by atoms with Gasteiger partial charge in [-0.2, -0.15) is 0 Å². The summed E-state index contributed by atoms with van der Waals surface area (Å²) in [6.45, 7) is 0.531. The van der Waals surface area contributed by atoms with Crippen molar-refractivity contribution in [3.63, 3.8) is 0 Å². The molecule has 37 heavy (non-hydrogen) atoms. The third-order valence-corrected chi connectivity index (χ3v) is 5.40. The number of rotatable bonds is 10. The van der Waals surface area contributed by atoms with Crippen LogP contribution in [0, 0.1) is 31.9 Å². The fourth-order valence-electron chi connectivity index (χ4n) is 3.56. The minimum absolute atomic E-state index is 0. The van der Waals surface area contributed by atoms with Gasteiger partial charge >= 0.3 is 0 Å². The predicted octanol–water partition coefficient (Wildman–Crippen LogP) is 1.28. The van der Waals surface area contributed by atoms with Crippen molar-refractivity contribution in [3.05, 3.63) is 128 Å². The molecule has 0 aliphatic rings. The van der Waals surface area contributed by atoms with E-state index in [0.717, 1.165) is 17.7 Å². The van der Waals surface area contributed by atoms with Crippen LogP contribution in [0.15, 0.2) is 79.4 Å². The van der Waals surface area contributed by atoms with E-state index in [2.05, 4.69) is 5.10 Å². The highest BCUT2D eigenvalue weighted by Gasteiger charge is 2.22. The Morgan fingerprint density at radius 1 is 0.919 bits per heavy atom. The Morgan fingerprint density at radius 3 is 2.08 bits per heavy atom. The molecule has 0 bridgehead atoms. The van der Waals surface area contributed by atoms with E-state index in [9.17, 15) is 29.0 Å². The van der Waals surface area contributed by atoms with Gasteiger partial charge in [-0.15, -0.1) is 4.68 Å². The van der Waals surface area contributed by atoms with Gasteiger partial charge in [-0.25, -0.2) is 13.3 Å². The van der Waals surface area contributed by atoms with Crippen LogP contribution in [0.5, 0.6) is 0 Å². The summed E-state index contributed by atoms with van der Waals surface area (Å²) in [6.07, 6.45) is 2.38. The summed E-state index contributed by atoms with van der Waals surface area (Å²) in [5.74, 6) is -1.49. The van der Waals surface area contributed by atoms with E-state index in [-0.39, 0.29) is 42.5 Å². The summed E-state index contributed by atoms with van der Waals surface area (Å²) in [6, 6.07) is 15.1. The molecule has 0 amide bonds. The van der Waals surface area contributed by atoms with E-state index >= 15 is 0 Å². The predicted molar refractivity (Wildman–Crippen MR) is 122 cm³/mol. The Bertz CT molecular complexity index is 1380. The largest absolute Gasteiger partial charge is 1.00 e. The summed E-state index contributed by atoms with van der Waals surface area (Å²) in [5, 5.41) is 26.0. The number of aromatic nitrogens is 3. The van der Waals surface area contributed by atoms with E-state index in [0.29, 0.717) is 12.1 Å². The molecule has 0 N–H and O–H groups in total. The Balaban J connectivity index is 0.00000380. The van der Waals surface area contributed by atoms with E-state index < -0.39 is 27.6 Å². The van der Waals surface area contributed by atoms with Crippen molar-refractivity contribution in [2.75, 3.05) is 0 Å². The SMILES string of the molecule is O=[N+]([O-])c1ccc(COC(Cn2c[n+](Cc3ccc([N+](=O)[O-])cc3)cn2)c2ccc(F)cc2F)cc1.[Cl-]. The average Bonchev–Trinajstić information content (AvgIpc) is 3.29. The van der Waals surface area contributed by atoms with Gasteiger partial charge in [0.15, 0.2) is 0 Å². The standard InChI is InChI=1S/C24H20F2N5O5.ClH/c25-19-5-10-22(23(26)11-19)24(36-14-18-3-8-21(9-4-18)31(34)35)13-29-16-28(15-27-29)12-17-1-6-20(7-2-17)30(32)33;/h1-11,15-16,24H,12-14H2;1H/q+1;/p-1. The molecule has 10 nitrogen and oxygen atoms in total. The second kappa shape index (κ2) is 12.1. The fraction of sp³-hybridized carbons (Fsp3) is 0.167. The first-order valence-corrected chi connectivity index (χ1v) is 10.7. The third-order valence-electron chi connectivity index (χ3n) is 5.40. The van der Waals surface area contributed by atoms with Gasteiger partial charge in [-0.05, 0) is 41.5 Å². The number of nitrogens with zero attached hydrogens (tertiary/aromatic N) is 5. The minimum Gasteiger partial charge on any atom is -1.00 e. The molecule has 4 aromatic rings. The van der Waals surface area contributed by atoms with Gasteiger partial charge < -0.3 is 17.1 Å². The summed E-state index contributed by atoms with van der Waals surface area (Å²) < 4.78 is 37.3. The summed E-state index contributed by atoms with van der Waals surface area (Å²) in [4.78, 5) is 20.7. The van der Waals surface area contributed by atoms with Gasteiger partial charge in [-0.3, -0.25) is 20.2 Å². The molecule has 192 valence electrons. The van der Waals surface area contributed by atoms with Crippen LogP contribution in [0.4, 0.5) is 20.2 Å². The van der Waals surface area contributed by atoms with Crippen molar-refractivity contribution < 1.29 is 40.3 Å². The van der Waals surface area contributed by atoms with Gasteiger partial charge in [0.05, 0.1) is 23.0 Å². The zero-order valence-electron chi connectivity index (χ0n) is 19.1. The number of non-ortho nitro benzene ring substituents is 2. The number of nitro benzene ring substituents is 2. The van der Waals surface area contributed by atoms with Crippen molar-refractivity contribution >= 4 is 11.4 Å². The van der Waals surface area contributed by atoms with E-state index in [1.54, 1.807) is 41.5 Å². The first kappa shape index (κ1) is 27.3. The van der Waals surface area contributed by atoms with Crippen LogP contribution in [-0.4, -0.2) is 19.6 Å². The fourth-order valence-corrected chi connectivity index (χ4v) is 3.56. The second-order valence-electron chi connectivity index (χ2n) is 7.95. The quantitative estimate of drug-likeness (QED) is 0.173. The van der Waals surface area contributed by atoms with Crippen LogP contribution in [0.2, 0.25) is 0 Å². The number of nitro groups is 2. The molecule has 4 rings (SSSR count). The van der Waals surface area contributed by atoms with Crippen LogP contribution < -0.4 is 17.0 Å². The number of benzene rings is 3. The lowest BCUT2D eigenvalue weighted by atomic mass is 10.1. The van der Waals surface area contributed by atoms with Crippen LogP contribution in [0.25, 0.3) is 0 Å². The molecular formula is C24H20ClF2N5O5. The minimum atomic E-state index is -0.839. The average molecular weight is 532 g/mol. The van der Waals surface area contributed by atoms with Crippen molar-refractivity contribution in [3.8, 4) is 0 Å². The van der Waals surface area contributed by atoms with Crippen molar-refractivity contribution in [1.29, 1.82) is 0 Å². The normalized spacial score (nSPS) is 11.5. The second-order valence-corrected chi connectivity index (χ2v) is 7.95. The van der Waals surface area contributed by atoms with E-state index in [1.807, 2.05) is 0 Å². The molecule has 13 heteroatoms. The molecule has 1 heterocycles. The van der Waals surface area contributed by atoms with Crippen LogP contribution in [0.3, 0.4) is 0 Å². The molecular weight excluding hydrogens is 512 g/mol. The number of hydrogen-bond donors (Lipinski definition) is 0. The number of ether oxygens (including phenoxy) is 1. The molecule has 1 aromatic heterocycles. The number of halogens is 3. The Morgan fingerprint density at radius 2 is 1.51 bits per heavy atom. The lowest BCUT2D eigenvalue weighted by molar-refractivity contribution is -0.689. The monoisotopic (exact) mass is 531 g/mol. The van der Waals surface area contributed by atoms with Gasteiger partial charge in [0.1, 0.15) is 24.3 Å².